The van der Waals surface area contributed by atoms with Crippen molar-refractivity contribution in [2.24, 2.45) is 0 Å². The Morgan fingerprint density at radius 3 is 2.20 bits per heavy atom. The van der Waals surface area contributed by atoms with Gasteiger partial charge in [-0.1, -0.05) is 30.7 Å². The molecular formula is C18H28ClN. The molecule has 2 heteroatoms. The van der Waals surface area contributed by atoms with Crippen molar-refractivity contribution in [2.75, 3.05) is 13.1 Å². The van der Waals surface area contributed by atoms with Gasteiger partial charge in [0.05, 0.1) is 0 Å². The number of piperidine rings is 1. The van der Waals surface area contributed by atoms with E-state index in [0.29, 0.717) is 0 Å². The lowest BCUT2D eigenvalue weighted by Gasteiger charge is -2.39. The maximum absolute atomic E-state index is 2.78. The second kappa shape index (κ2) is 7.47. The summed E-state index contributed by atoms with van der Waals surface area (Å²) in [6.07, 6.45) is 9.93. The second-order valence-electron chi connectivity index (χ2n) is 6.46. The summed E-state index contributed by atoms with van der Waals surface area (Å²) in [6, 6.07) is 9.88. The van der Waals surface area contributed by atoms with Gasteiger partial charge in [-0.3, -0.25) is 0 Å². The second-order valence-corrected chi connectivity index (χ2v) is 6.46. The van der Waals surface area contributed by atoms with E-state index in [-0.39, 0.29) is 12.4 Å². The molecule has 1 aliphatic heterocycles. The van der Waals surface area contributed by atoms with Gasteiger partial charge in [-0.05, 0) is 75.6 Å². The number of nitrogens with zero attached hydrogens (tertiary/aromatic N) is 1. The Morgan fingerprint density at radius 2 is 1.55 bits per heavy atom. The summed E-state index contributed by atoms with van der Waals surface area (Å²) in [6.45, 7) is 4.99. The van der Waals surface area contributed by atoms with Crippen LogP contribution >= 0.6 is 12.4 Å². The van der Waals surface area contributed by atoms with Gasteiger partial charge in [0.25, 0.3) is 0 Å². The predicted molar refractivity (Wildman–Crippen MR) is 88.8 cm³/mol. The van der Waals surface area contributed by atoms with Crippen LogP contribution in [0.5, 0.6) is 0 Å². The highest BCUT2D eigenvalue weighted by Gasteiger charge is 2.27. The van der Waals surface area contributed by atoms with Crippen molar-refractivity contribution in [1.29, 1.82) is 0 Å². The summed E-state index contributed by atoms with van der Waals surface area (Å²) < 4.78 is 0. The Bertz CT molecular complexity index is 404. The van der Waals surface area contributed by atoms with Gasteiger partial charge in [0.2, 0.25) is 0 Å². The summed E-state index contributed by atoms with van der Waals surface area (Å²) in [5.74, 6) is 0.822. The molecular weight excluding hydrogens is 266 g/mol. The van der Waals surface area contributed by atoms with Crippen molar-refractivity contribution in [3.8, 4) is 0 Å². The zero-order chi connectivity index (χ0) is 13.1. The van der Waals surface area contributed by atoms with Gasteiger partial charge in [0, 0.05) is 6.04 Å². The molecule has 3 rings (SSSR count). The minimum Gasteiger partial charge on any atom is -0.300 e. The van der Waals surface area contributed by atoms with Gasteiger partial charge >= 0.3 is 0 Å². The highest BCUT2D eigenvalue weighted by atomic mass is 35.5. The van der Waals surface area contributed by atoms with Crippen molar-refractivity contribution >= 4 is 12.4 Å². The third kappa shape index (κ3) is 3.56. The molecule has 2 aliphatic rings. The first-order valence-corrected chi connectivity index (χ1v) is 8.14. The highest BCUT2D eigenvalue weighted by molar-refractivity contribution is 5.85. The van der Waals surface area contributed by atoms with E-state index in [0.717, 1.165) is 12.0 Å². The molecule has 0 N–H and O–H groups in total. The Morgan fingerprint density at radius 1 is 0.900 bits per heavy atom. The molecule has 20 heavy (non-hydrogen) atoms. The van der Waals surface area contributed by atoms with Crippen molar-refractivity contribution in [3.05, 3.63) is 35.4 Å². The number of hydrogen-bond acceptors (Lipinski definition) is 1. The molecule has 1 aliphatic carbocycles. The van der Waals surface area contributed by atoms with E-state index >= 15 is 0 Å². The predicted octanol–water partition coefficient (Wildman–Crippen LogP) is 4.93. The van der Waals surface area contributed by atoms with Crippen LogP contribution < -0.4 is 0 Å². The fraction of sp³-hybridized carbons (Fsp3) is 0.667. The third-order valence-corrected chi connectivity index (χ3v) is 5.23. The average molecular weight is 294 g/mol. The molecule has 0 unspecified atom stereocenters. The molecule has 112 valence electrons. The lowest BCUT2D eigenvalue weighted by atomic mass is 9.79. The number of rotatable bonds is 2. The lowest BCUT2D eigenvalue weighted by Crippen LogP contribution is -2.41. The van der Waals surface area contributed by atoms with Crippen LogP contribution in [-0.4, -0.2) is 24.0 Å². The maximum Gasteiger partial charge on any atom is 0.00956 e. The topological polar surface area (TPSA) is 3.24 Å². The van der Waals surface area contributed by atoms with E-state index in [9.17, 15) is 0 Å². The Kier molecular flexibility index (Phi) is 5.92. The number of halogens is 1. The number of likely N-dealkylation sites (tertiary alicyclic amines) is 1. The van der Waals surface area contributed by atoms with E-state index in [1.165, 1.54) is 63.6 Å². The molecule has 1 nitrogen and oxygen atoms in total. The first kappa shape index (κ1) is 15.9. The zero-order valence-electron chi connectivity index (χ0n) is 12.7. The van der Waals surface area contributed by atoms with Crippen LogP contribution in [0.25, 0.3) is 0 Å². The fourth-order valence-electron chi connectivity index (χ4n) is 4.08. The molecule has 1 saturated heterocycles. The first-order valence-electron chi connectivity index (χ1n) is 8.14. The van der Waals surface area contributed by atoms with Crippen LogP contribution in [0.1, 0.15) is 62.0 Å². The molecule has 1 aromatic carbocycles. The summed E-state index contributed by atoms with van der Waals surface area (Å²) in [4.78, 5) is 2.78. The van der Waals surface area contributed by atoms with E-state index in [1.807, 2.05) is 0 Å². The molecule has 0 radical (unpaired) electrons. The number of hydrogen-bond donors (Lipinski definition) is 0. The first-order chi connectivity index (χ1) is 9.34. The van der Waals surface area contributed by atoms with Crippen molar-refractivity contribution in [2.45, 2.75) is 63.8 Å². The van der Waals surface area contributed by atoms with Crippen molar-refractivity contribution < 1.29 is 0 Å². The summed E-state index contributed by atoms with van der Waals surface area (Å²) in [5.41, 5.74) is 3.10. The molecule has 1 saturated carbocycles. The zero-order valence-corrected chi connectivity index (χ0v) is 13.5. The van der Waals surface area contributed by atoms with Gasteiger partial charge in [-0.15, -0.1) is 12.4 Å². The standard InChI is InChI=1S/C18H27N.ClH/c1-15-7-3-4-8-18(15)16-9-11-17(12-10-16)19-13-5-2-6-14-19;/h3-4,7-8,16-17H,2,5-6,9-14H2,1H3;1H. The van der Waals surface area contributed by atoms with Gasteiger partial charge in [-0.2, -0.15) is 0 Å². The summed E-state index contributed by atoms with van der Waals surface area (Å²) in [7, 11) is 0. The molecule has 0 amide bonds. The van der Waals surface area contributed by atoms with Gasteiger partial charge in [0.1, 0.15) is 0 Å². The van der Waals surface area contributed by atoms with Gasteiger partial charge in [0.15, 0.2) is 0 Å². The number of benzene rings is 1. The molecule has 0 atom stereocenters. The minimum absolute atomic E-state index is 0. The number of aryl methyl sites for hydroxylation is 1. The molecule has 2 fully saturated rings. The fourth-order valence-corrected chi connectivity index (χ4v) is 4.08. The van der Waals surface area contributed by atoms with E-state index < -0.39 is 0 Å². The Labute approximate surface area is 130 Å². The van der Waals surface area contributed by atoms with Crippen LogP contribution in [-0.2, 0) is 0 Å². The van der Waals surface area contributed by atoms with Crippen LogP contribution in [0.15, 0.2) is 24.3 Å². The smallest absolute Gasteiger partial charge is 0.00956 e. The molecule has 0 bridgehead atoms. The molecule has 0 spiro atoms. The Balaban J connectivity index is 0.00000147. The average Bonchev–Trinajstić information content (AvgIpc) is 2.49. The lowest BCUT2D eigenvalue weighted by molar-refractivity contribution is 0.125. The molecule has 0 aromatic heterocycles. The highest BCUT2D eigenvalue weighted by Crippen LogP contribution is 2.36. The summed E-state index contributed by atoms with van der Waals surface area (Å²) >= 11 is 0. The molecule has 1 heterocycles. The molecule has 1 aromatic rings. The van der Waals surface area contributed by atoms with Crippen molar-refractivity contribution in [3.63, 3.8) is 0 Å². The summed E-state index contributed by atoms with van der Waals surface area (Å²) in [5, 5.41) is 0. The Hall–Kier alpha value is -0.530. The minimum atomic E-state index is 0. The monoisotopic (exact) mass is 293 g/mol. The third-order valence-electron chi connectivity index (χ3n) is 5.23. The van der Waals surface area contributed by atoms with Crippen LogP contribution in [0.3, 0.4) is 0 Å². The largest absolute Gasteiger partial charge is 0.300 e. The van der Waals surface area contributed by atoms with Crippen molar-refractivity contribution in [1.82, 2.24) is 4.90 Å². The normalized spacial score (nSPS) is 27.9. The van der Waals surface area contributed by atoms with E-state index in [4.69, 9.17) is 0 Å². The van der Waals surface area contributed by atoms with Crippen LogP contribution in [0.4, 0.5) is 0 Å². The SMILES string of the molecule is Cc1ccccc1C1CCC(N2CCCCC2)CC1.Cl. The van der Waals surface area contributed by atoms with E-state index in [1.54, 1.807) is 5.56 Å². The van der Waals surface area contributed by atoms with Gasteiger partial charge < -0.3 is 4.90 Å². The van der Waals surface area contributed by atoms with Crippen LogP contribution in [0, 0.1) is 6.92 Å². The quantitative estimate of drug-likeness (QED) is 0.747. The van der Waals surface area contributed by atoms with Crippen LogP contribution in [0.2, 0.25) is 0 Å². The maximum atomic E-state index is 2.78. The van der Waals surface area contributed by atoms with E-state index in [2.05, 4.69) is 36.1 Å². The van der Waals surface area contributed by atoms with Gasteiger partial charge in [-0.25, -0.2) is 0 Å².